The molecule has 1 aliphatic heterocycles. The van der Waals surface area contributed by atoms with Crippen LogP contribution in [-0.2, 0) is 22.6 Å². The molecule has 1 fully saturated rings. The third-order valence-corrected chi connectivity index (χ3v) is 3.98. The second kappa shape index (κ2) is 11.0. The molecule has 1 saturated heterocycles. The summed E-state index contributed by atoms with van der Waals surface area (Å²) in [6.07, 6.45) is 3.44. The Labute approximate surface area is 145 Å². The van der Waals surface area contributed by atoms with Crippen molar-refractivity contribution in [3.8, 4) is 0 Å². The van der Waals surface area contributed by atoms with Crippen molar-refractivity contribution in [1.82, 2.24) is 10.6 Å². The van der Waals surface area contributed by atoms with Crippen molar-refractivity contribution in [1.29, 1.82) is 0 Å². The average molecular weight is 333 g/mol. The highest BCUT2D eigenvalue weighted by molar-refractivity contribution is 5.79. The van der Waals surface area contributed by atoms with Crippen LogP contribution in [0.4, 0.5) is 0 Å². The minimum Gasteiger partial charge on any atom is -0.381 e. The van der Waals surface area contributed by atoms with E-state index in [0.29, 0.717) is 19.3 Å². The second-order valence-electron chi connectivity index (χ2n) is 6.06. The number of hydrogen-bond donors (Lipinski definition) is 2. The first-order valence-electron chi connectivity index (χ1n) is 9.11. The predicted octanol–water partition coefficient (Wildman–Crippen LogP) is 2.85. The number of nitrogens with one attached hydrogen (secondary N) is 2. The first kappa shape index (κ1) is 18.7. The summed E-state index contributed by atoms with van der Waals surface area (Å²) in [5, 5.41) is 6.58. The number of nitrogens with zero attached hydrogens (tertiary/aromatic N) is 1. The van der Waals surface area contributed by atoms with Crippen LogP contribution in [0.3, 0.4) is 0 Å². The van der Waals surface area contributed by atoms with Crippen LogP contribution in [0.5, 0.6) is 0 Å². The molecule has 134 valence electrons. The van der Waals surface area contributed by atoms with Crippen LogP contribution in [-0.4, -0.2) is 38.4 Å². The molecule has 0 unspecified atom stereocenters. The zero-order chi connectivity index (χ0) is 17.0. The molecule has 5 heteroatoms. The number of rotatable bonds is 8. The molecule has 0 aromatic heterocycles. The van der Waals surface area contributed by atoms with E-state index in [-0.39, 0.29) is 0 Å². The summed E-state index contributed by atoms with van der Waals surface area (Å²) in [6, 6.07) is 8.54. The molecule has 0 spiro atoms. The lowest BCUT2D eigenvalue weighted by molar-refractivity contribution is -0.0390. The van der Waals surface area contributed by atoms with Crippen molar-refractivity contribution in [2.24, 2.45) is 4.99 Å². The molecule has 2 N–H and O–H groups in total. The van der Waals surface area contributed by atoms with Gasteiger partial charge in [-0.15, -0.1) is 0 Å². The first-order chi connectivity index (χ1) is 11.8. The second-order valence-corrected chi connectivity index (χ2v) is 6.06. The molecule has 24 heavy (non-hydrogen) atoms. The van der Waals surface area contributed by atoms with Gasteiger partial charge in [-0.25, -0.2) is 4.99 Å². The van der Waals surface area contributed by atoms with Crippen molar-refractivity contribution in [3.05, 3.63) is 35.4 Å². The fourth-order valence-electron chi connectivity index (χ4n) is 2.55. The van der Waals surface area contributed by atoms with Gasteiger partial charge in [0.1, 0.15) is 0 Å². The summed E-state index contributed by atoms with van der Waals surface area (Å²) in [5.41, 5.74) is 2.42. The SMILES string of the molecule is CCCNC(=NCc1ccc(COC2CCOCC2)cc1)NCC. The Kier molecular flexibility index (Phi) is 8.63. The standard InChI is InChI=1S/C19H31N3O2/c1-3-11-21-19(20-4-2)22-14-16-5-7-17(8-6-16)15-24-18-9-12-23-13-10-18/h5-8,18H,3-4,9-15H2,1-2H3,(H2,20,21,22). The molecule has 0 bridgehead atoms. The van der Waals surface area contributed by atoms with E-state index in [4.69, 9.17) is 9.47 Å². The lowest BCUT2D eigenvalue weighted by atomic mass is 10.1. The van der Waals surface area contributed by atoms with E-state index in [9.17, 15) is 0 Å². The van der Waals surface area contributed by atoms with Gasteiger partial charge in [0.15, 0.2) is 5.96 Å². The normalized spacial score (nSPS) is 16.2. The van der Waals surface area contributed by atoms with Crippen LogP contribution in [0.2, 0.25) is 0 Å². The Morgan fingerprint density at radius 3 is 2.50 bits per heavy atom. The fraction of sp³-hybridized carbons (Fsp3) is 0.632. The highest BCUT2D eigenvalue weighted by Gasteiger charge is 2.13. The van der Waals surface area contributed by atoms with E-state index in [1.54, 1.807) is 0 Å². The smallest absolute Gasteiger partial charge is 0.191 e. The number of ether oxygens (including phenoxy) is 2. The highest BCUT2D eigenvalue weighted by Crippen LogP contribution is 2.14. The quantitative estimate of drug-likeness (QED) is 0.567. The maximum Gasteiger partial charge on any atom is 0.191 e. The van der Waals surface area contributed by atoms with E-state index >= 15 is 0 Å². The maximum atomic E-state index is 5.96. The van der Waals surface area contributed by atoms with Crippen LogP contribution < -0.4 is 10.6 Å². The van der Waals surface area contributed by atoms with Crippen molar-refractivity contribution in [2.45, 2.75) is 52.4 Å². The summed E-state index contributed by atoms with van der Waals surface area (Å²) in [6.45, 7) is 9.04. The minimum atomic E-state index is 0.343. The molecule has 1 aliphatic rings. The molecule has 5 nitrogen and oxygen atoms in total. The molecule has 0 radical (unpaired) electrons. The van der Waals surface area contributed by atoms with Gasteiger partial charge in [-0.2, -0.15) is 0 Å². The average Bonchev–Trinajstić information content (AvgIpc) is 2.64. The van der Waals surface area contributed by atoms with Gasteiger partial charge in [0.2, 0.25) is 0 Å². The van der Waals surface area contributed by atoms with E-state index in [1.807, 2.05) is 0 Å². The van der Waals surface area contributed by atoms with Gasteiger partial charge in [0.05, 0.1) is 19.3 Å². The Balaban J connectivity index is 1.79. The van der Waals surface area contributed by atoms with Crippen molar-refractivity contribution in [3.63, 3.8) is 0 Å². The minimum absolute atomic E-state index is 0.343. The molecule has 1 aromatic carbocycles. The molecule has 1 aromatic rings. The monoisotopic (exact) mass is 333 g/mol. The van der Waals surface area contributed by atoms with Crippen LogP contribution >= 0.6 is 0 Å². The Morgan fingerprint density at radius 2 is 1.83 bits per heavy atom. The predicted molar refractivity (Wildman–Crippen MR) is 98.2 cm³/mol. The zero-order valence-electron chi connectivity index (χ0n) is 15.0. The van der Waals surface area contributed by atoms with Crippen LogP contribution in [0.25, 0.3) is 0 Å². The highest BCUT2D eigenvalue weighted by atomic mass is 16.5. The zero-order valence-corrected chi connectivity index (χ0v) is 15.0. The van der Waals surface area contributed by atoms with E-state index in [2.05, 4.69) is 53.7 Å². The van der Waals surface area contributed by atoms with Crippen LogP contribution in [0.15, 0.2) is 29.3 Å². The van der Waals surface area contributed by atoms with Gasteiger partial charge < -0.3 is 20.1 Å². The van der Waals surface area contributed by atoms with E-state index in [0.717, 1.165) is 51.5 Å². The van der Waals surface area contributed by atoms with Gasteiger partial charge in [0.25, 0.3) is 0 Å². The number of guanidine groups is 1. The molecule has 0 saturated carbocycles. The molecule has 0 atom stereocenters. The van der Waals surface area contributed by atoms with E-state index < -0.39 is 0 Å². The van der Waals surface area contributed by atoms with Crippen molar-refractivity contribution in [2.75, 3.05) is 26.3 Å². The number of hydrogen-bond acceptors (Lipinski definition) is 3. The van der Waals surface area contributed by atoms with E-state index in [1.165, 1.54) is 11.1 Å². The molecule has 0 aliphatic carbocycles. The largest absolute Gasteiger partial charge is 0.381 e. The van der Waals surface area contributed by atoms with Crippen molar-refractivity contribution < 1.29 is 9.47 Å². The first-order valence-corrected chi connectivity index (χ1v) is 9.11. The molecular weight excluding hydrogens is 302 g/mol. The third kappa shape index (κ3) is 6.89. The third-order valence-electron chi connectivity index (χ3n) is 3.98. The van der Waals surface area contributed by atoms with Gasteiger partial charge in [0, 0.05) is 26.3 Å². The van der Waals surface area contributed by atoms with Crippen LogP contribution in [0.1, 0.15) is 44.2 Å². The van der Waals surface area contributed by atoms with Crippen molar-refractivity contribution >= 4 is 5.96 Å². The summed E-state index contributed by atoms with van der Waals surface area (Å²) in [4.78, 5) is 4.62. The Bertz CT molecular complexity index is 482. The summed E-state index contributed by atoms with van der Waals surface area (Å²) in [5.74, 6) is 0.881. The molecule has 1 heterocycles. The van der Waals surface area contributed by atoms with Gasteiger partial charge >= 0.3 is 0 Å². The summed E-state index contributed by atoms with van der Waals surface area (Å²) >= 11 is 0. The molecular formula is C19H31N3O2. The summed E-state index contributed by atoms with van der Waals surface area (Å²) < 4.78 is 11.3. The lowest BCUT2D eigenvalue weighted by Crippen LogP contribution is -2.37. The van der Waals surface area contributed by atoms with Gasteiger partial charge in [-0.05, 0) is 37.3 Å². The molecule has 2 rings (SSSR count). The Morgan fingerprint density at radius 1 is 1.12 bits per heavy atom. The maximum absolute atomic E-state index is 5.96. The number of benzene rings is 1. The Hall–Kier alpha value is -1.59. The van der Waals surface area contributed by atoms with Gasteiger partial charge in [-0.3, -0.25) is 0 Å². The fourth-order valence-corrected chi connectivity index (χ4v) is 2.55. The summed E-state index contributed by atoms with van der Waals surface area (Å²) in [7, 11) is 0. The number of aliphatic imine (C=N–C) groups is 1. The topological polar surface area (TPSA) is 54.9 Å². The molecule has 0 amide bonds. The lowest BCUT2D eigenvalue weighted by Gasteiger charge is -2.22. The van der Waals surface area contributed by atoms with Gasteiger partial charge in [-0.1, -0.05) is 31.2 Å². The van der Waals surface area contributed by atoms with Crippen LogP contribution in [0, 0.1) is 0 Å².